The maximum atomic E-state index is 11.5. The Morgan fingerprint density at radius 3 is 2.80 bits per heavy atom. The quantitative estimate of drug-likeness (QED) is 0.636. The van der Waals surface area contributed by atoms with Crippen LogP contribution in [0.2, 0.25) is 0 Å². The van der Waals surface area contributed by atoms with Gasteiger partial charge in [-0.1, -0.05) is 43.0 Å². The zero-order chi connectivity index (χ0) is 24.8. The average molecular weight is 459 g/mol. The second-order valence-corrected chi connectivity index (χ2v) is 8.12. The van der Waals surface area contributed by atoms with Gasteiger partial charge in [0.15, 0.2) is 0 Å². The molecule has 0 saturated carbocycles. The number of nitrogens with one attached hydrogen (secondary N) is 1. The van der Waals surface area contributed by atoms with E-state index in [0.717, 1.165) is 49.8 Å². The summed E-state index contributed by atoms with van der Waals surface area (Å²) in [5.41, 5.74) is 9.51. The second-order valence-electron chi connectivity index (χ2n) is 8.12. The van der Waals surface area contributed by atoms with Crippen LogP contribution >= 0.6 is 0 Å². The molecule has 4 heteroatoms. The minimum Gasteiger partial charge on any atom is -0.478 e. The topological polar surface area (TPSA) is 62.2 Å². The minimum atomic E-state index is -0.987. The first-order valence-electron chi connectivity index (χ1n) is 11.3. The monoisotopic (exact) mass is 458 g/mol. The predicted octanol–water partition coefficient (Wildman–Crippen LogP) is 4.73. The van der Waals surface area contributed by atoms with Gasteiger partial charge in [-0.25, -0.2) is 4.79 Å². The lowest BCUT2D eigenvalue weighted by Crippen LogP contribution is -2.23. The van der Waals surface area contributed by atoms with E-state index in [-0.39, 0.29) is 5.57 Å². The number of benzene rings is 1. The Labute approximate surface area is 205 Å². The van der Waals surface area contributed by atoms with Gasteiger partial charge >= 0.3 is 5.97 Å². The van der Waals surface area contributed by atoms with Crippen LogP contribution in [0, 0.1) is 6.92 Å². The highest BCUT2D eigenvalue weighted by Gasteiger charge is 2.12. The molecule has 1 aromatic heterocycles. The van der Waals surface area contributed by atoms with E-state index in [0.29, 0.717) is 0 Å². The van der Waals surface area contributed by atoms with Gasteiger partial charge in [-0.05, 0) is 95.6 Å². The number of pyridine rings is 1. The third-order valence-corrected chi connectivity index (χ3v) is 5.68. The standard InChI is InChI=1S/C31H26N2O2/c1-4-23(24-11-5-6-12-26(19-24)31(34)35)18-27-20-25(16-15-21(27)2)28-13-7-8-17-32-30(28)29-14-9-10-22(3)33-29/h4-5,7-20,32H,2H2,1,3H3,(H,34,35)/b23-4+,27-18-. The molecule has 0 unspecified atom stereocenters. The number of carboxylic acids is 1. The number of allylic oxidation sites excluding steroid dienone is 9. The Morgan fingerprint density at radius 1 is 1.17 bits per heavy atom. The summed E-state index contributed by atoms with van der Waals surface area (Å²) in [5.74, 6) is -0.987. The van der Waals surface area contributed by atoms with Crippen LogP contribution < -0.4 is 15.8 Å². The van der Waals surface area contributed by atoms with Crippen molar-refractivity contribution in [1.29, 1.82) is 0 Å². The molecular formula is C31H26N2O2. The highest BCUT2D eigenvalue weighted by Crippen LogP contribution is 2.26. The van der Waals surface area contributed by atoms with E-state index < -0.39 is 5.97 Å². The number of nitrogens with zero attached hydrogens (tertiary/aromatic N) is 1. The van der Waals surface area contributed by atoms with Crippen molar-refractivity contribution >= 4 is 29.9 Å². The molecule has 35 heavy (non-hydrogen) atoms. The number of rotatable bonds is 5. The Hall–Kier alpha value is -4.66. The molecule has 0 fully saturated rings. The third-order valence-electron chi connectivity index (χ3n) is 5.68. The molecule has 0 bridgehead atoms. The first kappa shape index (κ1) is 23.5. The summed E-state index contributed by atoms with van der Waals surface area (Å²) in [6.07, 6.45) is 18.6. The fraction of sp³-hybridized carbons (Fsp3) is 0.0645. The van der Waals surface area contributed by atoms with Gasteiger partial charge in [0.1, 0.15) is 0 Å². The molecule has 0 radical (unpaired) electrons. The molecule has 4 nitrogen and oxygen atoms in total. The van der Waals surface area contributed by atoms with E-state index in [9.17, 15) is 9.90 Å². The Morgan fingerprint density at radius 2 is 2.03 bits per heavy atom. The van der Waals surface area contributed by atoms with E-state index >= 15 is 0 Å². The van der Waals surface area contributed by atoms with Crippen molar-refractivity contribution in [3.8, 4) is 0 Å². The van der Waals surface area contributed by atoms with E-state index in [1.807, 2.05) is 74.7 Å². The molecule has 2 N–H and O–H groups in total. The molecule has 1 aliphatic heterocycles. The largest absolute Gasteiger partial charge is 0.478 e. The van der Waals surface area contributed by atoms with Gasteiger partial charge in [0.2, 0.25) is 0 Å². The van der Waals surface area contributed by atoms with Crippen molar-refractivity contribution in [3.05, 3.63) is 141 Å². The van der Waals surface area contributed by atoms with Crippen LogP contribution in [0.3, 0.4) is 0 Å². The number of aliphatic carboxylic acids is 1. The number of carbonyl (C=O) groups is 1. The van der Waals surface area contributed by atoms with Gasteiger partial charge in [0, 0.05) is 17.5 Å². The van der Waals surface area contributed by atoms with Crippen molar-refractivity contribution in [3.63, 3.8) is 0 Å². The van der Waals surface area contributed by atoms with E-state index in [1.54, 1.807) is 12.2 Å². The molecule has 1 aromatic carbocycles. The number of aromatic nitrogens is 1. The molecule has 1 aliphatic carbocycles. The Kier molecular flexibility index (Phi) is 7.06. The van der Waals surface area contributed by atoms with E-state index in [2.05, 4.69) is 35.8 Å². The summed E-state index contributed by atoms with van der Waals surface area (Å²) in [5, 5.41) is 14.7. The number of hydrogen-bond donors (Lipinski definition) is 2. The smallest absolute Gasteiger partial charge is 0.336 e. The van der Waals surface area contributed by atoms with Gasteiger partial charge in [-0.3, -0.25) is 4.98 Å². The minimum absolute atomic E-state index is 0.184. The van der Waals surface area contributed by atoms with Crippen molar-refractivity contribution in [2.75, 3.05) is 0 Å². The van der Waals surface area contributed by atoms with Gasteiger partial charge in [0.05, 0.1) is 17.0 Å². The van der Waals surface area contributed by atoms with Gasteiger partial charge in [-0.2, -0.15) is 0 Å². The zero-order valence-electron chi connectivity index (χ0n) is 19.7. The van der Waals surface area contributed by atoms with Crippen LogP contribution in [0.5, 0.6) is 0 Å². The summed E-state index contributed by atoms with van der Waals surface area (Å²) >= 11 is 0. The average Bonchev–Trinajstić information content (AvgIpc) is 3.25. The van der Waals surface area contributed by atoms with E-state index in [1.165, 1.54) is 6.08 Å². The Balaban J connectivity index is 1.85. The lowest BCUT2D eigenvalue weighted by molar-refractivity contribution is -0.132. The zero-order valence-corrected chi connectivity index (χ0v) is 19.7. The maximum Gasteiger partial charge on any atom is 0.336 e. The number of carboxylic acid groups (broad SMARTS) is 1. The van der Waals surface area contributed by atoms with Gasteiger partial charge in [-0.15, -0.1) is 5.73 Å². The lowest BCUT2D eigenvalue weighted by Gasteiger charge is -2.13. The predicted molar refractivity (Wildman–Crippen MR) is 143 cm³/mol. The van der Waals surface area contributed by atoms with Crippen LogP contribution in [0.4, 0.5) is 0 Å². The van der Waals surface area contributed by atoms with Crippen molar-refractivity contribution in [2.45, 2.75) is 13.8 Å². The molecule has 2 heterocycles. The van der Waals surface area contributed by atoms with Crippen molar-refractivity contribution < 1.29 is 9.90 Å². The molecule has 0 amide bonds. The van der Waals surface area contributed by atoms with E-state index in [4.69, 9.17) is 4.98 Å². The van der Waals surface area contributed by atoms with Crippen LogP contribution in [-0.2, 0) is 4.79 Å². The highest BCUT2D eigenvalue weighted by atomic mass is 16.4. The third kappa shape index (κ3) is 5.47. The fourth-order valence-electron chi connectivity index (χ4n) is 3.87. The Bertz CT molecular complexity index is 1550. The summed E-state index contributed by atoms with van der Waals surface area (Å²) in [6, 6.07) is 12.1. The van der Waals surface area contributed by atoms with Crippen LogP contribution in [-0.4, -0.2) is 16.1 Å². The van der Waals surface area contributed by atoms with Crippen LogP contribution in [0.25, 0.3) is 23.9 Å². The molecule has 2 aromatic rings. The molecular weight excluding hydrogens is 432 g/mol. The molecule has 0 atom stereocenters. The van der Waals surface area contributed by atoms with Gasteiger partial charge in [0.25, 0.3) is 0 Å². The number of hydrogen-bond acceptors (Lipinski definition) is 3. The summed E-state index contributed by atoms with van der Waals surface area (Å²) in [7, 11) is 0. The summed E-state index contributed by atoms with van der Waals surface area (Å²) in [4.78, 5) is 16.3. The second kappa shape index (κ2) is 10.5. The SMILES string of the molecule is C=c1ccc(C2=C(c3cccc(C)n3)NC=CC=C2)c/c1=C/C(=C\C)C1=CC=C=CC(C(=O)O)=C1. The number of aryl methyl sites for hydroxylation is 1. The van der Waals surface area contributed by atoms with Crippen LogP contribution in [0.1, 0.15) is 23.9 Å². The summed E-state index contributed by atoms with van der Waals surface area (Å²) < 4.78 is 0. The molecule has 172 valence electrons. The summed E-state index contributed by atoms with van der Waals surface area (Å²) in [6.45, 7) is 8.13. The van der Waals surface area contributed by atoms with Crippen molar-refractivity contribution in [1.82, 2.24) is 10.3 Å². The molecule has 2 aliphatic rings. The molecule has 0 spiro atoms. The maximum absolute atomic E-state index is 11.5. The lowest BCUT2D eigenvalue weighted by atomic mass is 9.97. The first-order valence-corrected chi connectivity index (χ1v) is 11.3. The fourth-order valence-corrected chi connectivity index (χ4v) is 3.87. The first-order chi connectivity index (χ1) is 17.0. The van der Waals surface area contributed by atoms with Crippen molar-refractivity contribution in [2.24, 2.45) is 0 Å². The highest BCUT2D eigenvalue weighted by molar-refractivity contribution is 5.95. The molecule has 4 rings (SSSR count). The van der Waals surface area contributed by atoms with Crippen LogP contribution in [0.15, 0.2) is 114 Å². The normalized spacial score (nSPS) is 15.9. The molecule has 0 saturated heterocycles. The van der Waals surface area contributed by atoms with Gasteiger partial charge < -0.3 is 10.4 Å².